The molecule has 0 spiro atoms. The zero-order valence-corrected chi connectivity index (χ0v) is 9.84. The van der Waals surface area contributed by atoms with Crippen molar-refractivity contribution in [3.63, 3.8) is 0 Å². The average molecular weight is 170 g/mol. The minimum Gasteiger partial charge on any atom is -0.393 e. The Morgan fingerprint density at radius 2 is 2.00 bits per heavy atom. The molecule has 11 heavy (non-hydrogen) atoms. The fraction of sp³-hybridized carbons (Fsp3) is 1.00. The first-order chi connectivity index (χ1) is 5.29. The van der Waals surface area contributed by atoms with Crippen LogP contribution in [0.1, 0.15) is 19.3 Å². The lowest BCUT2D eigenvalue weighted by atomic mass is 10.4. The summed E-state index contributed by atoms with van der Waals surface area (Å²) in [6, 6.07) is 0. The van der Waals surface area contributed by atoms with Crippen LogP contribution < -0.4 is 0 Å². The molecule has 0 bridgehead atoms. The molecule has 2 nitrogen and oxygen atoms in total. The van der Waals surface area contributed by atoms with Crippen molar-refractivity contribution in [2.24, 2.45) is 0 Å². The van der Waals surface area contributed by atoms with Crippen LogP contribution in [0.25, 0.3) is 0 Å². The highest BCUT2D eigenvalue weighted by molar-refractivity contribution is 6.04. The van der Waals surface area contributed by atoms with Gasteiger partial charge in [0.05, 0.1) is 0 Å². The Morgan fingerprint density at radius 1 is 1.36 bits per heavy atom. The molecule has 0 aliphatic carbocycles. The van der Waals surface area contributed by atoms with Gasteiger partial charge in [-0.05, 0) is 52.5 Å². The SMILES string of the molecule is C[N]([AlH2])CCCN1CCCC1. The predicted molar refractivity (Wildman–Crippen MR) is 51.5 cm³/mol. The lowest BCUT2D eigenvalue weighted by molar-refractivity contribution is 0.321. The van der Waals surface area contributed by atoms with Crippen LogP contribution in [0.4, 0.5) is 0 Å². The number of hydrogen-bond acceptors (Lipinski definition) is 2. The maximum atomic E-state index is 2.59. The molecule has 0 radical (unpaired) electrons. The maximum Gasteiger partial charge on any atom is 0.321 e. The van der Waals surface area contributed by atoms with E-state index < -0.39 is 0 Å². The monoisotopic (exact) mass is 170 g/mol. The van der Waals surface area contributed by atoms with Crippen LogP contribution in [0, 0.1) is 0 Å². The lowest BCUT2D eigenvalue weighted by Gasteiger charge is -2.16. The predicted octanol–water partition coefficient (Wildman–Crippen LogP) is -0.0478. The van der Waals surface area contributed by atoms with Crippen molar-refractivity contribution in [2.45, 2.75) is 19.3 Å². The molecule has 0 aromatic carbocycles. The molecule has 0 aromatic heterocycles. The van der Waals surface area contributed by atoms with Crippen LogP contribution >= 0.6 is 0 Å². The van der Waals surface area contributed by atoms with Gasteiger partial charge in [-0.1, -0.05) is 0 Å². The third-order valence-corrected chi connectivity index (χ3v) is 2.73. The summed E-state index contributed by atoms with van der Waals surface area (Å²) < 4.78 is 2.40. The number of likely N-dealkylation sites (tertiary alicyclic amines) is 1. The highest BCUT2D eigenvalue weighted by Gasteiger charge is 2.09. The summed E-state index contributed by atoms with van der Waals surface area (Å²) in [5, 5.41) is 0. The van der Waals surface area contributed by atoms with Gasteiger partial charge in [-0.15, -0.1) is 0 Å². The van der Waals surface area contributed by atoms with Crippen LogP contribution in [0.15, 0.2) is 0 Å². The fourth-order valence-electron chi connectivity index (χ4n) is 1.62. The number of rotatable bonds is 4. The first-order valence-electron chi connectivity index (χ1n) is 4.66. The third kappa shape index (κ3) is 4.13. The fourth-order valence-corrected chi connectivity index (χ4v) is 1.93. The molecule has 0 N–H and O–H groups in total. The van der Waals surface area contributed by atoms with Gasteiger partial charge >= 0.3 is 16.5 Å². The molecule has 0 atom stereocenters. The van der Waals surface area contributed by atoms with Crippen LogP contribution in [0.3, 0.4) is 0 Å². The Labute approximate surface area is 78.2 Å². The Hall–Kier alpha value is 0.452. The van der Waals surface area contributed by atoms with Crippen LogP contribution in [-0.2, 0) is 0 Å². The summed E-state index contributed by atoms with van der Waals surface area (Å²) in [6.07, 6.45) is 4.22. The molecule has 1 heterocycles. The Balaban J connectivity index is 1.94. The van der Waals surface area contributed by atoms with E-state index in [0.717, 1.165) is 0 Å². The van der Waals surface area contributed by atoms with Crippen molar-refractivity contribution in [1.29, 1.82) is 0 Å². The molecule has 1 aliphatic heterocycles. The second kappa shape index (κ2) is 5.16. The van der Waals surface area contributed by atoms with Crippen molar-refractivity contribution in [3.8, 4) is 0 Å². The molecule has 1 saturated heterocycles. The van der Waals surface area contributed by atoms with E-state index in [1.807, 2.05) is 0 Å². The van der Waals surface area contributed by atoms with Crippen molar-refractivity contribution in [1.82, 2.24) is 8.78 Å². The zero-order chi connectivity index (χ0) is 8.10. The van der Waals surface area contributed by atoms with E-state index in [-0.39, 0.29) is 0 Å². The highest BCUT2D eigenvalue weighted by Crippen LogP contribution is 2.06. The standard InChI is InChI=1S/C8H17N2.Al.2H/c1-9-5-4-8-10-6-2-3-7-10;;;/h2-8H2,1H3;;;/q-1;+1;;. The zero-order valence-electron chi connectivity index (χ0n) is 7.84. The summed E-state index contributed by atoms with van der Waals surface area (Å²) >= 11 is 1.21. The normalized spacial score (nSPS) is 19.8. The molecular formula is C8H19AlN2. The molecule has 1 aliphatic rings. The first kappa shape index (κ1) is 9.54. The Kier molecular flexibility index (Phi) is 4.48. The smallest absolute Gasteiger partial charge is 0.321 e. The second-order valence-corrected chi connectivity index (χ2v) is 5.23. The van der Waals surface area contributed by atoms with Gasteiger partial charge in [0.15, 0.2) is 0 Å². The summed E-state index contributed by atoms with van der Waals surface area (Å²) in [6.45, 7) is 5.32. The molecule has 0 aromatic rings. The minimum atomic E-state index is 1.21. The quantitative estimate of drug-likeness (QED) is 0.546. The van der Waals surface area contributed by atoms with Gasteiger partial charge in [0.1, 0.15) is 0 Å². The van der Waals surface area contributed by atoms with Gasteiger partial charge in [-0.3, -0.25) is 0 Å². The summed E-state index contributed by atoms with van der Waals surface area (Å²) in [5.41, 5.74) is 0. The Bertz CT molecular complexity index is 100. The first-order valence-corrected chi connectivity index (χ1v) is 5.55. The van der Waals surface area contributed by atoms with Crippen molar-refractivity contribution < 1.29 is 0 Å². The van der Waals surface area contributed by atoms with Gasteiger partial charge < -0.3 is 8.78 Å². The van der Waals surface area contributed by atoms with Gasteiger partial charge in [-0.25, -0.2) is 0 Å². The van der Waals surface area contributed by atoms with E-state index in [2.05, 4.69) is 15.8 Å². The molecule has 1 fully saturated rings. The van der Waals surface area contributed by atoms with Gasteiger partial charge in [0, 0.05) is 0 Å². The van der Waals surface area contributed by atoms with E-state index >= 15 is 0 Å². The van der Waals surface area contributed by atoms with Crippen molar-refractivity contribution in [3.05, 3.63) is 0 Å². The summed E-state index contributed by atoms with van der Waals surface area (Å²) in [7, 11) is 2.20. The Morgan fingerprint density at radius 3 is 2.55 bits per heavy atom. The minimum absolute atomic E-state index is 1.21. The highest BCUT2D eigenvalue weighted by atomic mass is 27.1. The number of nitrogens with zero attached hydrogens (tertiary/aromatic N) is 2. The molecule has 0 saturated carbocycles. The summed E-state index contributed by atoms with van der Waals surface area (Å²) in [5.74, 6) is 0. The second-order valence-electron chi connectivity index (χ2n) is 3.71. The van der Waals surface area contributed by atoms with Crippen molar-refractivity contribution >= 4 is 16.5 Å². The molecule has 0 unspecified atom stereocenters. The van der Waals surface area contributed by atoms with Crippen LogP contribution in [-0.4, -0.2) is 58.5 Å². The summed E-state index contributed by atoms with van der Waals surface area (Å²) in [4.78, 5) is 2.59. The van der Waals surface area contributed by atoms with E-state index in [9.17, 15) is 0 Å². The molecule has 0 amide bonds. The van der Waals surface area contributed by atoms with Gasteiger partial charge in [0.2, 0.25) is 0 Å². The lowest BCUT2D eigenvalue weighted by Crippen LogP contribution is -2.24. The molecule has 1 rings (SSSR count). The van der Waals surface area contributed by atoms with Crippen molar-refractivity contribution in [2.75, 3.05) is 33.2 Å². The third-order valence-electron chi connectivity index (χ3n) is 2.28. The maximum absolute atomic E-state index is 2.59. The van der Waals surface area contributed by atoms with E-state index in [0.29, 0.717) is 0 Å². The van der Waals surface area contributed by atoms with E-state index in [1.54, 1.807) is 0 Å². The topological polar surface area (TPSA) is 6.48 Å². The van der Waals surface area contributed by atoms with E-state index in [4.69, 9.17) is 0 Å². The van der Waals surface area contributed by atoms with Gasteiger partial charge in [0.25, 0.3) is 0 Å². The van der Waals surface area contributed by atoms with Crippen LogP contribution in [0.2, 0.25) is 0 Å². The van der Waals surface area contributed by atoms with Crippen LogP contribution in [0.5, 0.6) is 0 Å². The largest absolute Gasteiger partial charge is 0.393 e. The molecule has 64 valence electrons. The molecule has 3 heteroatoms. The van der Waals surface area contributed by atoms with E-state index in [1.165, 1.54) is 62.0 Å². The average Bonchev–Trinajstić information content (AvgIpc) is 2.39. The molecular weight excluding hydrogens is 151 g/mol. The number of hydrogen-bond donors (Lipinski definition) is 0. The van der Waals surface area contributed by atoms with Gasteiger partial charge in [-0.2, -0.15) is 0 Å².